The van der Waals surface area contributed by atoms with E-state index in [9.17, 15) is 4.79 Å². The molecule has 0 unspecified atom stereocenters. The molecule has 0 fully saturated rings. The van der Waals surface area contributed by atoms with Gasteiger partial charge in [-0.2, -0.15) is 0 Å². The van der Waals surface area contributed by atoms with Crippen LogP contribution in [0.15, 0.2) is 47.4 Å². The Kier molecular flexibility index (Phi) is 4.85. The molecule has 0 aromatic heterocycles. The van der Waals surface area contributed by atoms with Crippen molar-refractivity contribution in [3.63, 3.8) is 0 Å². The molecule has 0 aliphatic rings. The van der Waals surface area contributed by atoms with E-state index >= 15 is 0 Å². The first-order valence-electron chi connectivity index (χ1n) is 6.47. The van der Waals surface area contributed by atoms with Crippen molar-refractivity contribution in [3.05, 3.63) is 59.2 Å². The zero-order chi connectivity index (χ0) is 14.5. The average molecular weight is 286 g/mol. The van der Waals surface area contributed by atoms with Gasteiger partial charge in [-0.3, -0.25) is 4.79 Å². The topological polar surface area (TPSA) is 26.3 Å². The second-order valence-electron chi connectivity index (χ2n) is 4.71. The van der Waals surface area contributed by atoms with E-state index in [1.54, 1.807) is 18.9 Å². The molecule has 0 radical (unpaired) electrons. The highest BCUT2D eigenvalue weighted by molar-refractivity contribution is 8.00. The summed E-state index contributed by atoms with van der Waals surface area (Å²) in [5.41, 5.74) is 2.98. The molecule has 0 bridgehead atoms. The van der Waals surface area contributed by atoms with E-state index in [1.165, 1.54) is 0 Å². The number of ether oxygens (including phenoxy) is 1. The SMILES string of the molecule is COc1ccc(SCC(=O)c2cc(C)ccc2C)cc1. The minimum Gasteiger partial charge on any atom is -0.497 e. The third-order valence-electron chi connectivity index (χ3n) is 3.12. The van der Waals surface area contributed by atoms with Crippen LogP contribution in [-0.4, -0.2) is 18.6 Å². The molecule has 0 aliphatic carbocycles. The molecular formula is C17H18O2S. The molecule has 0 atom stereocenters. The fourth-order valence-corrected chi connectivity index (χ4v) is 2.72. The summed E-state index contributed by atoms with van der Waals surface area (Å²) in [7, 11) is 1.65. The summed E-state index contributed by atoms with van der Waals surface area (Å²) in [6.45, 7) is 3.98. The standard InChI is InChI=1S/C17H18O2S/c1-12-4-5-13(2)16(10-12)17(18)11-20-15-8-6-14(19-3)7-9-15/h4-10H,11H2,1-3H3. The minimum atomic E-state index is 0.173. The molecule has 2 aromatic rings. The van der Waals surface area contributed by atoms with Gasteiger partial charge in [0.25, 0.3) is 0 Å². The van der Waals surface area contributed by atoms with Gasteiger partial charge in [0.2, 0.25) is 0 Å². The number of hydrogen-bond acceptors (Lipinski definition) is 3. The molecule has 20 heavy (non-hydrogen) atoms. The van der Waals surface area contributed by atoms with Crippen LogP contribution in [0.25, 0.3) is 0 Å². The van der Waals surface area contributed by atoms with E-state index in [4.69, 9.17) is 4.74 Å². The molecule has 0 spiro atoms. The Morgan fingerprint density at radius 3 is 2.45 bits per heavy atom. The Hall–Kier alpha value is -1.74. The maximum Gasteiger partial charge on any atom is 0.173 e. The van der Waals surface area contributed by atoms with E-state index < -0.39 is 0 Å². The number of hydrogen-bond donors (Lipinski definition) is 0. The number of methoxy groups -OCH3 is 1. The molecule has 3 heteroatoms. The number of ketones is 1. The number of benzene rings is 2. The number of rotatable bonds is 5. The quantitative estimate of drug-likeness (QED) is 0.606. The smallest absolute Gasteiger partial charge is 0.173 e. The minimum absolute atomic E-state index is 0.173. The van der Waals surface area contributed by atoms with E-state index in [-0.39, 0.29) is 5.78 Å². The van der Waals surface area contributed by atoms with Crippen LogP contribution in [-0.2, 0) is 0 Å². The predicted octanol–water partition coefficient (Wildman–Crippen LogP) is 4.29. The predicted molar refractivity (Wildman–Crippen MR) is 84.0 cm³/mol. The first-order chi connectivity index (χ1) is 9.60. The number of thioether (sulfide) groups is 1. The summed E-state index contributed by atoms with van der Waals surface area (Å²) in [6, 6.07) is 13.8. The molecule has 2 rings (SSSR count). The molecule has 0 aliphatic heterocycles. The van der Waals surface area contributed by atoms with Gasteiger partial charge in [-0.25, -0.2) is 0 Å². The van der Waals surface area contributed by atoms with E-state index in [0.29, 0.717) is 5.75 Å². The van der Waals surface area contributed by atoms with Crippen LogP contribution in [0.5, 0.6) is 5.75 Å². The van der Waals surface area contributed by atoms with Crippen LogP contribution in [0.2, 0.25) is 0 Å². The molecule has 2 aromatic carbocycles. The molecule has 0 N–H and O–H groups in total. The average Bonchev–Trinajstić information content (AvgIpc) is 2.47. The Morgan fingerprint density at radius 2 is 1.80 bits per heavy atom. The fourth-order valence-electron chi connectivity index (χ4n) is 1.93. The second-order valence-corrected chi connectivity index (χ2v) is 5.75. The van der Waals surface area contributed by atoms with Gasteiger partial charge in [0.15, 0.2) is 5.78 Å². The largest absolute Gasteiger partial charge is 0.497 e. The van der Waals surface area contributed by atoms with Crippen molar-refractivity contribution >= 4 is 17.5 Å². The summed E-state index contributed by atoms with van der Waals surface area (Å²) in [5, 5.41) is 0. The number of Topliss-reactive ketones (excluding diaryl/α,β-unsaturated/α-hetero) is 1. The van der Waals surface area contributed by atoms with Gasteiger partial charge in [-0.05, 0) is 49.7 Å². The molecule has 0 saturated heterocycles. The van der Waals surface area contributed by atoms with Crippen molar-refractivity contribution in [2.75, 3.05) is 12.9 Å². The highest BCUT2D eigenvalue weighted by Gasteiger charge is 2.10. The molecular weight excluding hydrogens is 268 g/mol. The normalized spacial score (nSPS) is 10.3. The van der Waals surface area contributed by atoms with E-state index in [0.717, 1.165) is 27.3 Å². The number of carbonyl (C=O) groups excluding carboxylic acids is 1. The van der Waals surface area contributed by atoms with Gasteiger partial charge in [0.05, 0.1) is 12.9 Å². The maximum atomic E-state index is 12.3. The number of aryl methyl sites for hydroxylation is 2. The summed E-state index contributed by atoms with van der Waals surface area (Å²) < 4.78 is 5.12. The van der Waals surface area contributed by atoms with Gasteiger partial charge in [-0.15, -0.1) is 11.8 Å². The third kappa shape index (κ3) is 3.64. The Morgan fingerprint density at radius 1 is 1.10 bits per heavy atom. The zero-order valence-electron chi connectivity index (χ0n) is 12.0. The van der Waals surface area contributed by atoms with E-state index in [2.05, 4.69) is 0 Å². The highest BCUT2D eigenvalue weighted by Crippen LogP contribution is 2.23. The van der Waals surface area contributed by atoms with Crippen molar-refractivity contribution < 1.29 is 9.53 Å². The van der Waals surface area contributed by atoms with Crippen LogP contribution in [0.1, 0.15) is 21.5 Å². The lowest BCUT2D eigenvalue weighted by molar-refractivity contribution is 0.102. The van der Waals surface area contributed by atoms with Gasteiger partial charge in [-0.1, -0.05) is 17.7 Å². The monoisotopic (exact) mass is 286 g/mol. The van der Waals surface area contributed by atoms with Crippen LogP contribution in [0, 0.1) is 13.8 Å². The lowest BCUT2D eigenvalue weighted by Crippen LogP contribution is -2.05. The van der Waals surface area contributed by atoms with E-state index in [1.807, 2.05) is 56.3 Å². The van der Waals surface area contributed by atoms with Gasteiger partial charge >= 0.3 is 0 Å². The molecule has 2 nitrogen and oxygen atoms in total. The van der Waals surface area contributed by atoms with Crippen LogP contribution in [0.3, 0.4) is 0 Å². The van der Waals surface area contributed by atoms with Crippen LogP contribution >= 0.6 is 11.8 Å². The summed E-state index contributed by atoms with van der Waals surface area (Å²) >= 11 is 1.55. The summed E-state index contributed by atoms with van der Waals surface area (Å²) in [4.78, 5) is 13.3. The first-order valence-corrected chi connectivity index (χ1v) is 7.46. The lowest BCUT2D eigenvalue weighted by atomic mass is 10.0. The van der Waals surface area contributed by atoms with Gasteiger partial charge < -0.3 is 4.74 Å². The summed E-state index contributed by atoms with van der Waals surface area (Å²) in [5.74, 6) is 1.46. The summed E-state index contributed by atoms with van der Waals surface area (Å²) in [6.07, 6.45) is 0. The van der Waals surface area contributed by atoms with Gasteiger partial charge in [0.1, 0.15) is 5.75 Å². The Bertz CT molecular complexity index is 603. The van der Waals surface area contributed by atoms with Crippen molar-refractivity contribution in [1.82, 2.24) is 0 Å². The van der Waals surface area contributed by atoms with Gasteiger partial charge in [0, 0.05) is 10.5 Å². The molecule has 0 amide bonds. The van der Waals surface area contributed by atoms with Crippen LogP contribution < -0.4 is 4.74 Å². The maximum absolute atomic E-state index is 12.3. The Labute approximate surface area is 124 Å². The molecule has 0 heterocycles. The number of carbonyl (C=O) groups is 1. The first kappa shape index (κ1) is 14.7. The van der Waals surface area contributed by atoms with Crippen molar-refractivity contribution in [2.24, 2.45) is 0 Å². The van der Waals surface area contributed by atoms with Crippen molar-refractivity contribution in [1.29, 1.82) is 0 Å². The fraction of sp³-hybridized carbons (Fsp3) is 0.235. The third-order valence-corrected chi connectivity index (χ3v) is 4.13. The Balaban J connectivity index is 2.02. The van der Waals surface area contributed by atoms with Crippen molar-refractivity contribution in [3.8, 4) is 5.75 Å². The molecule has 104 valence electrons. The zero-order valence-corrected chi connectivity index (χ0v) is 12.8. The lowest BCUT2D eigenvalue weighted by Gasteiger charge is -2.07. The van der Waals surface area contributed by atoms with Crippen molar-refractivity contribution in [2.45, 2.75) is 18.7 Å². The molecule has 0 saturated carbocycles. The van der Waals surface area contributed by atoms with Crippen LogP contribution in [0.4, 0.5) is 0 Å². The second kappa shape index (κ2) is 6.62. The highest BCUT2D eigenvalue weighted by atomic mass is 32.2.